The minimum absolute atomic E-state index is 0.886. The van der Waals surface area contributed by atoms with Gasteiger partial charge in [-0.15, -0.1) is 0 Å². The van der Waals surface area contributed by atoms with Crippen LogP contribution in [0.5, 0.6) is 0 Å². The predicted molar refractivity (Wildman–Crippen MR) is 229 cm³/mol. The molecule has 0 saturated heterocycles. The fraction of sp³-hybridized carbons (Fsp3) is 0. The molecule has 1 aromatic heterocycles. The van der Waals surface area contributed by atoms with Crippen LogP contribution in [0.4, 0.5) is 17.1 Å². The standard InChI is InChI=1S/C52H33NO/c1-3-13-41-34(10-1)12-9-18-42(41)36-20-25-38(26-21-36)53(40-29-31-52-50(32-40)47-17-7-8-19-51(47)54-52)39-27-22-37(23-28-39)48-33-49-43-14-4-2-11-35(43)24-30-46(49)44-15-5-6-16-45(44)48/h1-33H. The molecule has 0 fully saturated rings. The minimum atomic E-state index is 0.886. The summed E-state index contributed by atoms with van der Waals surface area (Å²) in [6.45, 7) is 0. The fourth-order valence-corrected chi connectivity index (χ4v) is 8.46. The zero-order valence-corrected chi connectivity index (χ0v) is 29.4. The highest BCUT2D eigenvalue weighted by atomic mass is 16.3. The first kappa shape index (κ1) is 30.5. The molecule has 11 rings (SSSR count). The lowest BCUT2D eigenvalue weighted by Gasteiger charge is -2.26. The van der Waals surface area contributed by atoms with Crippen LogP contribution >= 0.6 is 0 Å². The molecule has 0 aliphatic carbocycles. The number of benzene rings is 10. The quantitative estimate of drug-likeness (QED) is 0.168. The van der Waals surface area contributed by atoms with Crippen molar-refractivity contribution < 1.29 is 4.42 Å². The Morgan fingerprint density at radius 3 is 1.57 bits per heavy atom. The van der Waals surface area contributed by atoms with Crippen molar-refractivity contribution in [3.05, 3.63) is 200 Å². The Hall–Kier alpha value is -7.16. The average Bonchev–Trinajstić information content (AvgIpc) is 3.62. The smallest absolute Gasteiger partial charge is 0.135 e. The first-order valence-corrected chi connectivity index (χ1v) is 18.5. The zero-order valence-electron chi connectivity index (χ0n) is 29.4. The molecule has 0 N–H and O–H groups in total. The Labute approximate surface area is 312 Å². The summed E-state index contributed by atoms with van der Waals surface area (Å²) in [6, 6.07) is 72.4. The van der Waals surface area contributed by atoms with Gasteiger partial charge in [0.25, 0.3) is 0 Å². The molecule has 0 saturated carbocycles. The van der Waals surface area contributed by atoms with Crippen LogP contribution in [0.1, 0.15) is 0 Å². The van der Waals surface area contributed by atoms with E-state index in [0.29, 0.717) is 0 Å². The van der Waals surface area contributed by atoms with Gasteiger partial charge in [0.05, 0.1) is 0 Å². The maximum atomic E-state index is 6.24. The van der Waals surface area contributed by atoms with Gasteiger partial charge in [-0.1, -0.05) is 146 Å². The third-order valence-corrected chi connectivity index (χ3v) is 11.0. The van der Waals surface area contributed by atoms with Gasteiger partial charge in [0.1, 0.15) is 11.2 Å². The van der Waals surface area contributed by atoms with Crippen LogP contribution in [0, 0.1) is 0 Å². The third kappa shape index (κ3) is 4.88. The molecule has 11 aromatic rings. The molecule has 54 heavy (non-hydrogen) atoms. The van der Waals surface area contributed by atoms with Crippen LogP contribution in [0.2, 0.25) is 0 Å². The maximum absolute atomic E-state index is 6.24. The number of nitrogens with zero attached hydrogens (tertiary/aromatic N) is 1. The van der Waals surface area contributed by atoms with Crippen LogP contribution in [-0.2, 0) is 0 Å². The third-order valence-electron chi connectivity index (χ3n) is 11.0. The Balaban J connectivity index is 1.06. The van der Waals surface area contributed by atoms with Crippen molar-refractivity contribution in [2.45, 2.75) is 0 Å². The van der Waals surface area contributed by atoms with E-state index >= 15 is 0 Å². The summed E-state index contributed by atoms with van der Waals surface area (Å²) in [4.78, 5) is 2.35. The zero-order chi connectivity index (χ0) is 35.6. The van der Waals surface area contributed by atoms with Gasteiger partial charge >= 0.3 is 0 Å². The minimum Gasteiger partial charge on any atom is -0.456 e. The van der Waals surface area contributed by atoms with E-state index < -0.39 is 0 Å². The first-order chi connectivity index (χ1) is 26.8. The number of para-hydroxylation sites is 1. The van der Waals surface area contributed by atoms with Gasteiger partial charge in [-0.25, -0.2) is 0 Å². The topological polar surface area (TPSA) is 16.4 Å². The van der Waals surface area contributed by atoms with E-state index in [0.717, 1.165) is 39.0 Å². The van der Waals surface area contributed by atoms with Crippen molar-refractivity contribution in [2.75, 3.05) is 4.90 Å². The average molecular weight is 688 g/mol. The van der Waals surface area contributed by atoms with Crippen molar-refractivity contribution in [2.24, 2.45) is 0 Å². The van der Waals surface area contributed by atoms with Crippen LogP contribution in [0.3, 0.4) is 0 Å². The van der Waals surface area contributed by atoms with E-state index in [4.69, 9.17) is 4.42 Å². The van der Waals surface area contributed by atoms with Crippen LogP contribution in [-0.4, -0.2) is 0 Å². The molecule has 0 atom stereocenters. The molecule has 10 aromatic carbocycles. The number of fused-ring (bicyclic) bond motifs is 9. The van der Waals surface area contributed by atoms with Crippen molar-refractivity contribution in [3.8, 4) is 22.3 Å². The second-order valence-corrected chi connectivity index (χ2v) is 14.1. The molecule has 1 heterocycles. The highest BCUT2D eigenvalue weighted by Crippen LogP contribution is 2.42. The van der Waals surface area contributed by atoms with E-state index in [1.807, 2.05) is 12.1 Å². The summed E-state index contributed by atoms with van der Waals surface area (Å²) in [5.74, 6) is 0. The van der Waals surface area contributed by atoms with Gasteiger partial charge in [-0.05, 0) is 120 Å². The van der Waals surface area contributed by atoms with Crippen LogP contribution < -0.4 is 4.90 Å². The molecule has 2 nitrogen and oxygen atoms in total. The summed E-state index contributed by atoms with van der Waals surface area (Å²) < 4.78 is 6.24. The summed E-state index contributed by atoms with van der Waals surface area (Å²) >= 11 is 0. The van der Waals surface area contributed by atoms with E-state index in [2.05, 4.69) is 193 Å². The number of hydrogen-bond acceptors (Lipinski definition) is 2. The SMILES string of the molecule is c1ccc2c(-c3ccc(N(c4ccc(-c5cc6c7ccccc7ccc6c6ccccc56)cc4)c4ccc5oc6ccccc6c5c4)cc3)cccc2c1. The molecule has 0 aliphatic heterocycles. The molecule has 0 aliphatic rings. The Bertz CT molecular complexity index is 3200. The Morgan fingerprint density at radius 1 is 0.278 bits per heavy atom. The maximum Gasteiger partial charge on any atom is 0.135 e. The summed E-state index contributed by atoms with van der Waals surface area (Å²) in [6.07, 6.45) is 0. The molecule has 0 unspecified atom stereocenters. The van der Waals surface area contributed by atoms with Gasteiger partial charge < -0.3 is 9.32 Å². The molecule has 0 amide bonds. The molecule has 2 heteroatoms. The van der Waals surface area contributed by atoms with Crippen molar-refractivity contribution in [1.82, 2.24) is 0 Å². The van der Waals surface area contributed by atoms with Crippen LogP contribution in [0.15, 0.2) is 205 Å². The number of rotatable bonds is 5. The largest absolute Gasteiger partial charge is 0.456 e. The molecular weight excluding hydrogens is 655 g/mol. The van der Waals surface area contributed by atoms with E-state index in [1.165, 1.54) is 65.3 Å². The Morgan fingerprint density at radius 2 is 0.815 bits per heavy atom. The second kappa shape index (κ2) is 12.2. The second-order valence-electron chi connectivity index (χ2n) is 14.1. The van der Waals surface area contributed by atoms with E-state index in [1.54, 1.807) is 0 Å². The number of anilines is 3. The van der Waals surface area contributed by atoms with Crippen molar-refractivity contribution >= 4 is 82.1 Å². The molecule has 252 valence electrons. The Kier molecular flexibility index (Phi) is 6.90. The lowest BCUT2D eigenvalue weighted by Crippen LogP contribution is -2.09. The monoisotopic (exact) mass is 687 g/mol. The molecular formula is C52H33NO. The number of furan rings is 1. The highest BCUT2D eigenvalue weighted by molar-refractivity contribution is 6.21. The van der Waals surface area contributed by atoms with E-state index in [-0.39, 0.29) is 0 Å². The van der Waals surface area contributed by atoms with E-state index in [9.17, 15) is 0 Å². The summed E-state index contributed by atoms with van der Waals surface area (Å²) in [7, 11) is 0. The lowest BCUT2D eigenvalue weighted by atomic mass is 9.91. The van der Waals surface area contributed by atoms with Gasteiger partial charge in [0.15, 0.2) is 0 Å². The molecule has 0 bridgehead atoms. The lowest BCUT2D eigenvalue weighted by molar-refractivity contribution is 0.669. The van der Waals surface area contributed by atoms with Gasteiger partial charge in [-0.2, -0.15) is 0 Å². The van der Waals surface area contributed by atoms with Crippen LogP contribution in [0.25, 0.3) is 87.3 Å². The fourth-order valence-electron chi connectivity index (χ4n) is 8.46. The molecule has 0 radical (unpaired) electrons. The summed E-state index contributed by atoms with van der Waals surface area (Å²) in [5, 5.41) is 12.3. The molecule has 0 spiro atoms. The van der Waals surface area contributed by atoms with Gasteiger partial charge in [-0.3, -0.25) is 0 Å². The first-order valence-electron chi connectivity index (χ1n) is 18.5. The highest BCUT2D eigenvalue weighted by Gasteiger charge is 2.17. The summed E-state index contributed by atoms with van der Waals surface area (Å²) in [5.41, 5.74) is 9.87. The predicted octanol–water partition coefficient (Wildman–Crippen LogP) is 15.0. The number of hydrogen-bond donors (Lipinski definition) is 0. The van der Waals surface area contributed by atoms with Crippen molar-refractivity contribution in [3.63, 3.8) is 0 Å². The van der Waals surface area contributed by atoms with Gasteiger partial charge in [0.2, 0.25) is 0 Å². The van der Waals surface area contributed by atoms with Gasteiger partial charge in [0, 0.05) is 27.8 Å². The van der Waals surface area contributed by atoms with Crippen molar-refractivity contribution in [1.29, 1.82) is 0 Å². The normalized spacial score (nSPS) is 11.7.